The number of hydrogen-bond donors (Lipinski definition) is 1. The van der Waals surface area contributed by atoms with E-state index in [0.29, 0.717) is 18.4 Å². The lowest BCUT2D eigenvalue weighted by molar-refractivity contribution is -0.384. The van der Waals surface area contributed by atoms with Gasteiger partial charge in [-0.1, -0.05) is 18.5 Å². The van der Waals surface area contributed by atoms with Crippen LogP contribution >= 0.6 is 11.6 Å². The zero-order chi connectivity index (χ0) is 14.0. The van der Waals surface area contributed by atoms with Gasteiger partial charge in [-0.3, -0.25) is 14.9 Å². The molecule has 1 aromatic rings. The lowest BCUT2D eigenvalue weighted by Gasteiger charge is -2.11. The van der Waals surface area contributed by atoms with E-state index in [1.165, 1.54) is 31.0 Å². The van der Waals surface area contributed by atoms with Gasteiger partial charge in [0.15, 0.2) is 0 Å². The van der Waals surface area contributed by atoms with Crippen molar-refractivity contribution in [3.8, 4) is 0 Å². The average molecular weight is 283 g/mol. The van der Waals surface area contributed by atoms with Crippen molar-refractivity contribution in [2.45, 2.75) is 19.8 Å². The fraction of sp³-hybridized carbons (Fsp3) is 0.462. The molecule has 0 spiro atoms. The molecule has 0 radical (unpaired) electrons. The Balaban J connectivity index is 2.02. The molecule has 102 valence electrons. The maximum Gasteiger partial charge on any atom is 0.288 e. The first-order valence-electron chi connectivity index (χ1n) is 6.21. The van der Waals surface area contributed by atoms with Crippen molar-refractivity contribution < 1.29 is 9.72 Å². The molecular formula is C13H15ClN2O3. The number of nitro groups is 1. The summed E-state index contributed by atoms with van der Waals surface area (Å²) in [4.78, 5) is 22.1. The molecule has 1 amide bonds. The Kier molecular flexibility index (Phi) is 4.04. The molecule has 5 nitrogen and oxygen atoms in total. The van der Waals surface area contributed by atoms with Crippen LogP contribution in [0.15, 0.2) is 18.2 Å². The Hall–Kier alpha value is -1.62. The number of halogens is 1. The second kappa shape index (κ2) is 5.57. The average Bonchev–Trinajstić information content (AvgIpc) is 3.20. The number of benzene rings is 1. The number of carbonyl (C=O) groups is 1. The molecule has 1 fully saturated rings. The summed E-state index contributed by atoms with van der Waals surface area (Å²) in [5.41, 5.74) is 0.0173. The predicted molar refractivity (Wildman–Crippen MR) is 72.3 cm³/mol. The van der Waals surface area contributed by atoms with Crippen molar-refractivity contribution in [3.05, 3.63) is 38.9 Å². The highest BCUT2D eigenvalue weighted by Gasteiger charge is 2.28. The quantitative estimate of drug-likeness (QED) is 0.666. The molecular weight excluding hydrogens is 268 g/mol. The van der Waals surface area contributed by atoms with Crippen LogP contribution in [0.2, 0.25) is 5.02 Å². The molecule has 0 bridgehead atoms. The highest BCUT2D eigenvalue weighted by molar-refractivity contribution is 6.32. The van der Waals surface area contributed by atoms with Crippen LogP contribution in [0, 0.1) is 22.0 Å². The second-order valence-electron chi connectivity index (χ2n) is 4.95. The van der Waals surface area contributed by atoms with E-state index in [1.807, 2.05) is 0 Å². The number of amides is 1. The van der Waals surface area contributed by atoms with Gasteiger partial charge in [-0.2, -0.15) is 0 Å². The normalized spacial score (nSPS) is 15.9. The van der Waals surface area contributed by atoms with Gasteiger partial charge in [0.05, 0.1) is 4.92 Å². The molecule has 1 aliphatic carbocycles. The Morgan fingerprint density at radius 1 is 1.58 bits per heavy atom. The van der Waals surface area contributed by atoms with Crippen molar-refractivity contribution in [1.82, 2.24) is 5.32 Å². The molecule has 1 saturated carbocycles. The van der Waals surface area contributed by atoms with Gasteiger partial charge >= 0.3 is 0 Å². The monoisotopic (exact) mass is 282 g/mol. The maximum absolute atomic E-state index is 11.9. The molecule has 0 aromatic heterocycles. The first-order valence-corrected chi connectivity index (χ1v) is 6.59. The van der Waals surface area contributed by atoms with Crippen molar-refractivity contribution >= 4 is 23.2 Å². The van der Waals surface area contributed by atoms with E-state index in [0.717, 1.165) is 0 Å². The summed E-state index contributed by atoms with van der Waals surface area (Å²) in [6, 6.07) is 4.07. The largest absolute Gasteiger partial charge is 0.352 e. The summed E-state index contributed by atoms with van der Waals surface area (Å²) in [5.74, 6) is 0.860. The van der Waals surface area contributed by atoms with Crippen molar-refractivity contribution in [2.75, 3.05) is 6.54 Å². The lowest BCUT2D eigenvalue weighted by atomic mass is 10.1. The van der Waals surface area contributed by atoms with E-state index >= 15 is 0 Å². The topological polar surface area (TPSA) is 72.2 Å². The van der Waals surface area contributed by atoms with Crippen LogP contribution < -0.4 is 5.32 Å². The third-order valence-corrected chi connectivity index (χ3v) is 3.74. The van der Waals surface area contributed by atoms with Crippen LogP contribution in [-0.2, 0) is 0 Å². The van der Waals surface area contributed by atoms with Crippen molar-refractivity contribution in [1.29, 1.82) is 0 Å². The summed E-state index contributed by atoms with van der Waals surface area (Å²) >= 11 is 5.70. The Labute approximate surface area is 116 Å². The molecule has 1 atom stereocenters. The molecule has 1 unspecified atom stereocenters. The standard InChI is InChI=1S/C13H15ClN2O3/c1-8(9-2-3-9)7-15-13(17)10-4-5-11(14)12(6-10)16(18)19/h4-6,8-9H,2-3,7H2,1H3,(H,15,17). The highest BCUT2D eigenvalue weighted by Crippen LogP contribution is 2.36. The molecule has 0 saturated heterocycles. The Bertz CT molecular complexity index is 515. The second-order valence-corrected chi connectivity index (χ2v) is 5.36. The van der Waals surface area contributed by atoms with Crippen LogP contribution in [0.5, 0.6) is 0 Å². The summed E-state index contributed by atoms with van der Waals surface area (Å²) in [7, 11) is 0. The van der Waals surface area contributed by atoms with E-state index in [9.17, 15) is 14.9 Å². The molecule has 1 aliphatic rings. The van der Waals surface area contributed by atoms with Gasteiger partial charge in [0.1, 0.15) is 5.02 Å². The fourth-order valence-electron chi connectivity index (χ4n) is 1.98. The molecule has 0 heterocycles. The molecule has 19 heavy (non-hydrogen) atoms. The van der Waals surface area contributed by atoms with Crippen LogP contribution in [0.25, 0.3) is 0 Å². The van der Waals surface area contributed by atoms with Gasteiger partial charge in [-0.25, -0.2) is 0 Å². The van der Waals surface area contributed by atoms with Gasteiger partial charge < -0.3 is 5.32 Å². The molecule has 1 N–H and O–H groups in total. The van der Waals surface area contributed by atoms with E-state index < -0.39 is 4.92 Å². The highest BCUT2D eigenvalue weighted by atomic mass is 35.5. The molecule has 6 heteroatoms. The van der Waals surface area contributed by atoms with Gasteiger partial charge in [-0.15, -0.1) is 0 Å². The molecule has 2 rings (SSSR count). The van der Waals surface area contributed by atoms with Gasteiger partial charge in [0.25, 0.3) is 11.6 Å². The Morgan fingerprint density at radius 3 is 2.84 bits per heavy atom. The van der Waals surface area contributed by atoms with Crippen LogP contribution in [0.1, 0.15) is 30.1 Å². The van der Waals surface area contributed by atoms with Crippen LogP contribution in [0.4, 0.5) is 5.69 Å². The minimum Gasteiger partial charge on any atom is -0.352 e. The van der Waals surface area contributed by atoms with Crippen molar-refractivity contribution in [2.24, 2.45) is 11.8 Å². The lowest BCUT2D eigenvalue weighted by Crippen LogP contribution is -2.29. The summed E-state index contributed by atoms with van der Waals surface area (Å²) in [6.07, 6.45) is 2.45. The SMILES string of the molecule is CC(CNC(=O)c1ccc(Cl)c([N+](=O)[O-])c1)C1CC1. The van der Waals surface area contributed by atoms with E-state index in [-0.39, 0.29) is 22.2 Å². The van der Waals surface area contributed by atoms with Crippen LogP contribution in [0.3, 0.4) is 0 Å². The van der Waals surface area contributed by atoms with E-state index in [2.05, 4.69) is 12.2 Å². The third-order valence-electron chi connectivity index (χ3n) is 3.42. The summed E-state index contributed by atoms with van der Waals surface area (Å²) in [6.45, 7) is 2.70. The number of carbonyl (C=O) groups excluding carboxylic acids is 1. The third kappa shape index (κ3) is 3.44. The van der Waals surface area contributed by atoms with Gasteiger partial charge in [0.2, 0.25) is 0 Å². The van der Waals surface area contributed by atoms with Crippen molar-refractivity contribution in [3.63, 3.8) is 0 Å². The molecule has 0 aliphatic heterocycles. The molecule has 1 aromatic carbocycles. The minimum atomic E-state index is -0.591. The first kappa shape index (κ1) is 13.8. The smallest absolute Gasteiger partial charge is 0.288 e. The zero-order valence-corrected chi connectivity index (χ0v) is 11.3. The van der Waals surface area contributed by atoms with Gasteiger partial charge in [0, 0.05) is 18.2 Å². The summed E-state index contributed by atoms with van der Waals surface area (Å²) in [5, 5.41) is 13.6. The van der Waals surface area contributed by atoms with E-state index in [1.54, 1.807) is 0 Å². The number of rotatable bonds is 5. The number of nitro benzene ring substituents is 1. The van der Waals surface area contributed by atoms with Crippen LogP contribution in [-0.4, -0.2) is 17.4 Å². The number of hydrogen-bond acceptors (Lipinski definition) is 3. The first-order chi connectivity index (χ1) is 8.99. The maximum atomic E-state index is 11.9. The summed E-state index contributed by atoms with van der Waals surface area (Å²) < 4.78 is 0. The predicted octanol–water partition coefficient (Wildman–Crippen LogP) is 3.02. The zero-order valence-electron chi connectivity index (χ0n) is 10.6. The number of nitrogens with zero attached hydrogens (tertiary/aromatic N) is 1. The van der Waals surface area contributed by atoms with E-state index in [4.69, 9.17) is 11.6 Å². The minimum absolute atomic E-state index is 0.0351. The Morgan fingerprint density at radius 2 is 2.26 bits per heavy atom. The number of nitrogens with one attached hydrogen (secondary N) is 1. The van der Waals surface area contributed by atoms with Gasteiger partial charge in [-0.05, 0) is 36.8 Å². The fourth-order valence-corrected chi connectivity index (χ4v) is 2.17.